The first-order chi connectivity index (χ1) is 5.13. The summed E-state index contributed by atoms with van der Waals surface area (Å²) in [5.74, 6) is 0.192. The Labute approximate surface area is 75.9 Å². The molecule has 0 aromatic rings. The molecule has 0 radical (unpaired) electrons. The van der Waals surface area contributed by atoms with Gasteiger partial charge in [0.25, 0.3) is 0 Å². The Hall–Kier alpha value is -0.590. The Bertz CT molecular complexity index is 186. The van der Waals surface area contributed by atoms with E-state index in [-0.39, 0.29) is 16.6 Å². The van der Waals surface area contributed by atoms with E-state index in [1.165, 1.54) is 0 Å². The molecule has 0 fully saturated rings. The van der Waals surface area contributed by atoms with Crippen molar-refractivity contribution in [2.75, 3.05) is 0 Å². The van der Waals surface area contributed by atoms with Crippen LogP contribution in [0.3, 0.4) is 0 Å². The summed E-state index contributed by atoms with van der Waals surface area (Å²) in [7, 11) is 0. The molecule has 0 saturated carbocycles. The van der Waals surface area contributed by atoms with Crippen LogP contribution in [0.15, 0.2) is 12.2 Å². The molecule has 0 bridgehead atoms. The zero-order chi connectivity index (χ0) is 9.99. The van der Waals surface area contributed by atoms with E-state index in [1.807, 2.05) is 26.8 Å². The van der Waals surface area contributed by atoms with Crippen LogP contribution in [0, 0.1) is 10.8 Å². The third kappa shape index (κ3) is 5.11. The van der Waals surface area contributed by atoms with Crippen LogP contribution in [0.1, 0.15) is 41.5 Å². The second-order valence-electron chi connectivity index (χ2n) is 5.31. The quantitative estimate of drug-likeness (QED) is 0.549. The first-order valence-corrected chi connectivity index (χ1v) is 4.36. The van der Waals surface area contributed by atoms with Crippen molar-refractivity contribution in [2.24, 2.45) is 10.8 Å². The highest BCUT2D eigenvalue weighted by atomic mass is 16.1. The fourth-order valence-electron chi connectivity index (χ4n) is 0.576. The zero-order valence-electron chi connectivity index (χ0n) is 9.06. The summed E-state index contributed by atoms with van der Waals surface area (Å²) >= 11 is 0. The first-order valence-electron chi connectivity index (χ1n) is 4.36. The summed E-state index contributed by atoms with van der Waals surface area (Å²) in [6.45, 7) is 12.0. The van der Waals surface area contributed by atoms with E-state index in [4.69, 9.17) is 0 Å². The lowest BCUT2D eigenvalue weighted by Gasteiger charge is -2.15. The molecule has 0 amide bonds. The predicted octanol–water partition coefficient (Wildman–Crippen LogP) is 3.20. The van der Waals surface area contributed by atoms with Crippen molar-refractivity contribution in [3.63, 3.8) is 0 Å². The minimum absolute atomic E-state index is 0.0981. The van der Waals surface area contributed by atoms with E-state index >= 15 is 0 Å². The van der Waals surface area contributed by atoms with Crippen LogP contribution in [0.25, 0.3) is 0 Å². The standard InChI is InChI=1S/C11H20O/c1-10(2,3)8-7-9(12)11(4,5)6/h7-8H,1-6H3/b8-7+. The van der Waals surface area contributed by atoms with E-state index in [1.54, 1.807) is 6.08 Å². The summed E-state index contributed by atoms with van der Waals surface area (Å²) < 4.78 is 0. The van der Waals surface area contributed by atoms with Crippen LogP contribution in [0.5, 0.6) is 0 Å². The molecule has 0 heterocycles. The molecule has 0 saturated heterocycles. The SMILES string of the molecule is CC(C)(C)/C=C/C(=O)C(C)(C)C. The molecule has 0 aliphatic heterocycles. The Morgan fingerprint density at radius 3 is 1.67 bits per heavy atom. The average molecular weight is 168 g/mol. The molecule has 0 atom stereocenters. The Morgan fingerprint density at radius 1 is 1.00 bits per heavy atom. The van der Waals surface area contributed by atoms with Crippen molar-refractivity contribution in [1.29, 1.82) is 0 Å². The first kappa shape index (κ1) is 11.4. The maximum atomic E-state index is 11.4. The number of hydrogen-bond donors (Lipinski definition) is 0. The molecule has 1 nitrogen and oxygen atoms in total. The minimum Gasteiger partial charge on any atom is -0.294 e. The van der Waals surface area contributed by atoms with Crippen molar-refractivity contribution in [1.82, 2.24) is 0 Å². The average Bonchev–Trinajstić information content (AvgIpc) is 1.78. The van der Waals surface area contributed by atoms with Gasteiger partial charge in [-0.25, -0.2) is 0 Å². The van der Waals surface area contributed by atoms with Crippen LogP contribution in [0.2, 0.25) is 0 Å². The number of carbonyl (C=O) groups is 1. The van der Waals surface area contributed by atoms with Gasteiger partial charge in [-0.2, -0.15) is 0 Å². The lowest BCUT2D eigenvalue weighted by molar-refractivity contribution is -0.121. The molecule has 1 heteroatoms. The minimum atomic E-state index is -0.248. The number of hydrogen-bond acceptors (Lipinski definition) is 1. The van der Waals surface area contributed by atoms with Crippen LogP contribution in [0.4, 0.5) is 0 Å². The highest BCUT2D eigenvalue weighted by Gasteiger charge is 2.18. The van der Waals surface area contributed by atoms with Gasteiger partial charge in [-0.05, 0) is 11.5 Å². The fraction of sp³-hybridized carbons (Fsp3) is 0.727. The van der Waals surface area contributed by atoms with Gasteiger partial charge in [0.1, 0.15) is 0 Å². The summed E-state index contributed by atoms with van der Waals surface area (Å²) in [5, 5.41) is 0. The summed E-state index contributed by atoms with van der Waals surface area (Å²) in [6, 6.07) is 0. The smallest absolute Gasteiger partial charge is 0.160 e. The molecule has 0 N–H and O–H groups in total. The number of rotatable bonds is 1. The Balaban J connectivity index is 4.30. The topological polar surface area (TPSA) is 17.1 Å². The van der Waals surface area contributed by atoms with E-state index in [2.05, 4.69) is 20.8 Å². The highest BCUT2D eigenvalue weighted by Crippen LogP contribution is 2.19. The summed E-state index contributed by atoms with van der Waals surface area (Å²) in [5.41, 5.74) is -0.150. The van der Waals surface area contributed by atoms with E-state index < -0.39 is 0 Å². The van der Waals surface area contributed by atoms with Crippen LogP contribution < -0.4 is 0 Å². The predicted molar refractivity (Wildman–Crippen MR) is 53.1 cm³/mol. The van der Waals surface area contributed by atoms with Gasteiger partial charge in [0.05, 0.1) is 0 Å². The third-order valence-corrected chi connectivity index (χ3v) is 1.47. The zero-order valence-corrected chi connectivity index (χ0v) is 9.06. The van der Waals surface area contributed by atoms with Crippen LogP contribution >= 0.6 is 0 Å². The normalized spacial score (nSPS) is 13.8. The van der Waals surface area contributed by atoms with E-state index in [0.717, 1.165) is 0 Å². The van der Waals surface area contributed by atoms with E-state index in [9.17, 15) is 4.79 Å². The van der Waals surface area contributed by atoms with Crippen LogP contribution in [-0.2, 0) is 4.79 Å². The van der Waals surface area contributed by atoms with Crippen LogP contribution in [-0.4, -0.2) is 5.78 Å². The Morgan fingerprint density at radius 2 is 1.42 bits per heavy atom. The van der Waals surface area contributed by atoms with Gasteiger partial charge in [-0.3, -0.25) is 4.79 Å². The third-order valence-electron chi connectivity index (χ3n) is 1.47. The molecule has 0 aromatic heterocycles. The Kier molecular flexibility index (Phi) is 3.25. The van der Waals surface area contributed by atoms with Gasteiger partial charge >= 0.3 is 0 Å². The molecule has 0 spiro atoms. The van der Waals surface area contributed by atoms with Crippen molar-refractivity contribution in [3.05, 3.63) is 12.2 Å². The number of ketones is 1. The van der Waals surface area contributed by atoms with Gasteiger partial charge in [-0.15, -0.1) is 0 Å². The second kappa shape index (κ2) is 3.42. The maximum absolute atomic E-state index is 11.4. The van der Waals surface area contributed by atoms with Crippen molar-refractivity contribution >= 4 is 5.78 Å². The molecular formula is C11H20O. The highest BCUT2D eigenvalue weighted by molar-refractivity contribution is 5.93. The van der Waals surface area contributed by atoms with Crippen molar-refractivity contribution < 1.29 is 4.79 Å². The molecule has 12 heavy (non-hydrogen) atoms. The number of carbonyl (C=O) groups excluding carboxylic acids is 1. The second-order valence-corrected chi connectivity index (χ2v) is 5.31. The largest absolute Gasteiger partial charge is 0.294 e. The molecule has 0 aromatic carbocycles. The van der Waals surface area contributed by atoms with Gasteiger partial charge in [-0.1, -0.05) is 47.6 Å². The fourth-order valence-corrected chi connectivity index (χ4v) is 0.576. The lowest BCUT2D eigenvalue weighted by atomic mass is 9.88. The molecule has 0 aliphatic carbocycles. The summed E-state index contributed by atoms with van der Waals surface area (Å²) in [4.78, 5) is 11.4. The van der Waals surface area contributed by atoms with Crippen molar-refractivity contribution in [3.8, 4) is 0 Å². The van der Waals surface area contributed by atoms with E-state index in [0.29, 0.717) is 0 Å². The van der Waals surface area contributed by atoms with Gasteiger partial charge < -0.3 is 0 Å². The van der Waals surface area contributed by atoms with Gasteiger partial charge in [0.15, 0.2) is 5.78 Å². The monoisotopic (exact) mass is 168 g/mol. The molecule has 70 valence electrons. The van der Waals surface area contributed by atoms with Crippen molar-refractivity contribution in [2.45, 2.75) is 41.5 Å². The summed E-state index contributed by atoms with van der Waals surface area (Å²) in [6.07, 6.45) is 3.65. The maximum Gasteiger partial charge on any atom is 0.160 e. The van der Waals surface area contributed by atoms with Gasteiger partial charge in [0, 0.05) is 5.41 Å². The molecule has 0 aliphatic rings. The van der Waals surface area contributed by atoms with Gasteiger partial charge in [0.2, 0.25) is 0 Å². The molecule has 0 rings (SSSR count). The number of allylic oxidation sites excluding steroid dienone is 2. The molecule has 0 unspecified atom stereocenters. The molecular weight excluding hydrogens is 148 g/mol. The lowest BCUT2D eigenvalue weighted by Crippen LogP contribution is -2.18.